The lowest BCUT2D eigenvalue weighted by molar-refractivity contribution is 0.107. The number of furan rings is 1. The van der Waals surface area contributed by atoms with Crippen LogP contribution < -0.4 is 20.7 Å². The van der Waals surface area contributed by atoms with Crippen molar-refractivity contribution in [1.82, 2.24) is 25.2 Å². The molecule has 3 N–H and O–H groups in total. The molecule has 2 bridgehead atoms. The number of nitrogens with zero attached hydrogens (tertiary/aromatic N) is 6. The molecule has 228 valence electrons. The molecule has 0 saturated carbocycles. The Morgan fingerprint density at radius 1 is 1.20 bits per heavy atom. The number of rotatable bonds is 5. The summed E-state index contributed by atoms with van der Waals surface area (Å²) in [5.41, 5.74) is 6.52. The highest BCUT2D eigenvalue weighted by Crippen LogP contribution is 2.43. The van der Waals surface area contributed by atoms with Gasteiger partial charge in [0.2, 0.25) is 0 Å². The van der Waals surface area contributed by atoms with Crippen LogP contribution in [0.4, 0.5) is 24.9 Å². The number of hydrogen-bond acceptors (Lipinski definition) is 10. The summed E-state index contributed by atoms with van der Waals surface area (Å²) in [5, 5.41) is 13.9. The number of nitrogens with two attached hydrogens (primary N) is 1. The fourth-order valence-corrected chi connectivity index (χ4v) is 7.94. The maximum absolute atomic E-state index is 15.6. The third kappa shape index (κ3) is 4.04. The van der Waals surface area contributed by atoms with Gasteiger partial charge in [0.15, 0.2) is 23.3 Å². The Labute approximate surface area is 251 Å². The topological polar surface area (TPSA) is 129 Å². The van der Waals surface area contributed by atoms with E-state index < -0.39 is 23.3 Å². The Bertz CT molecular complexity index is 1860. The Hall–Kier alpha value is -4.15. The van der Waals surface area contributed by atoms with Crippen LogP contribution in [0.15, 0.2) is 16.5 Å². The van der Waals surface area contributed by atoms with Gasteiger partial charge < -0.3 is 25.1 Å². The van der Waals surface area contributed by atoms with Crippen LogP contribution in [0.3, 0.4) is 0 Å². The fourth-order valence-electron chi connectivity index (χ4n) is 7.94. The molecule has 44 heavy (non-hydrogen) atoms. The molecule has 0 radical (unpaired) electrons. The maximum atomic E-state index is 15.6. The molecule has 4 aromatic rings. The minimum Gasteiger partial charge on any atom is -0.461 e. The summed E-state index contributed by atoms with van der Waals surface area (Å²) in [6.45, 7) is 4.64. The number of halogens is 3. The van der Waals surface area contributed by atoms with E-state index >= 15 is 4.39 Å². The molecule has 8 rings (SSSR count). The Morgan fingerprint density at radius 2 is 2.00 bits per heavy atom. The van der Waals surface area contributed by atoms with E-state index in [-0.39, 0.29) is 58.4 Å². The van der Waals surface area contributed by atoms with Gasteiger partial charge in [0.1, 0.15) is 35.6 Å². The van der Waals surface area contributed by atoms with E-state index in [2.05, 4.69) is 31.2 Å². The molecule has 0 spiro atoms. The smallest absolute Gasteiger partial charge is 0.319 e. The van der Waals surface area contributed by atoms with Crippen LogP contribution in [-0.4, -0.2) is 76.4 Å². The number of ether oxygens (including phenoxy) is 1. The standard InChI is InChI=1S/C31H31F3N8O2/c1-15-24-23(44-28(15)36)8-20(33)26(34)25(24)19-7-21-27(38-22(19)10-35)29(42-17-3-4-18(42)12-37-11-17)40-30(39-21)43-14-31-5-2-6-41(31)13-16(32)9-31/h7-8,16-18,37H,2-6,9,11-14,36H2,1H3/t16-,17?,18?,31+/m1/s1. The molecule has 4 aliphatic heterocycles. The van der Waals surface area contributed by atoms with Crippen LogP contribution in [0.2, 0.25) is 0 Å². The zero-order chi connectivity index (χ0) is 30.3. The summed E-state index contributed by atoms with van der Waals surface area (Å²) < 4.78 is 56.7. The van der Waals surface area contributed by atoms with E-state index in [0.29, 0.717) is 35.4 Å². The van der Waals surface area contributed by atoms with E-state index in [1.807, 2.05) is 0 Å². The molecule has 4 saturated heterocycles. The summed E-state index contributed by atoms with van der Waals surface area (Å²) in [7, 11) is 0. The van der Waals surface area contributed by atoms with Crippen molar-refractivity contribution < 1.29 is 22.3 Å². The first-order chi connectivity index (χ1) is 21.3. The molecule has 4 fully saturated rings. The summed E-state index contributed by atoms with van der Waals surface area (Å²) in [6, 6.07) is 4.98. The largest absolute Gasteiger partial charge is 0.461 e. The number of fused-ring (bicyclic) bond motifs is 5. The van der Waals surface area contributed by atoms with Crippen molar-refractivity contribution in [2.75, 3.05) is 43.4 Å². The maximum Gasteiger partial charge on any atom is 0.319 e. The van der Waals surface area contributed by atoms with Crippen LogP contribution in [0, 0.1) is 29.9 Å². The van der Waals surface area contributed by atoms with Crippen LogP contribution in [0.1, 0.15) is 43.4 Å². The lowest BCUT2D eigenvalue weighted by atomic mass is 9.95. The molecule has 4 atom stereocenters. The van der Waals surface area contributed by atoms with Gasteiger partial charge in [-0.05, 0) is 45.2 Å². The molecular formula is C31H31F3N8O2. The number of hydrogen-bond donors (Lipinski definition) is 2. The van der Waals surface area contributed by atoms with Crippen LogP contribution in [-0.2, 0) is 0 Å². The highest BCUT2D eigenvalue weighted by molar-refractivity contribution is 6.02. The molecular weight excluding hydrogens is 573 g/mol. The number of piperazine rings is 1. The molecule has 13 heteroatoms. The quantitative estimate of drug-likeness (QED) is 0.339. The van der Waals surface area contributed by atoms with Crippen LogP contribution in [0.25, 0.3) is 33.1 Å². The molecule has 1 aromatic carbocycles. The monoisotopic (exact) mass is 604 g/mol. The minimum absolute atomic E-state index is 0.0238. The molecule has 0 amide bonds. The van der Waals surface area contributed by atoms with Gasteiger partial charge in [-0.3, -0.25) is 4.90 Å². The normalized spacial score (nSPS) is 26.5. The Kier molecular flexibility index (Phi) is 6.19. The number of anilines is 2. The fraction of sp³-hybridized carbons (Fsp3) is 0.484. The predicted octanol–water partition coefficient (Wildman–Crippen LogP) is 4.37. The van der Waals surface area contributed by atoms with Crippen molar-refractivity contribution in [3.8, 4) is 23.2 Å². The number of nitrogen functional groups attached to an aromatic ring is 1. The molecule has 0 aliphatic carbocycles. The average molecular weight is 605 g/mol. The van der Waals surface area contributed by atoms with E-state index in [9.17, 15) is 14.0 Å². The molecule has 4 aliphatic rings. The van der Waals surface area contributed by atoms with Gasteiger partial charge in [0, 0.05) is 66.3 Å². The second kappa shape index (κ2) is 9.93. The van der Waals surface area contributed by atoms with Crippen molar-refractivity contribution >= 4 is 33.7 Å². The Morgan fingerprint density at radius 3 is 2.77 bits per heavy atom. The van der Waals surface area contributed by atoms with Crippen molar-refractivity contribution in [1.29, 1.82) is 5.26 Å². The molecule has 2 unspecified atom stereocenters. The average Bonchev–Trinajstić information content (AvgIpc) is 3.69. The first-order valence-corrected chi connectivity index (χ1v) is 15.1. The van der Waals surface area contributed by atoms with E-state index in [1.54, 1.807) is 6.92 Å². The number of nitriles is 1. The predicted molar refractivity (Wildman–Crippen MR) is 157 cm³/mol. The summed E-state index contributed by atoms with van der Waals surface area (Å²) >= 11 is 0. The van der Waals surface area contributed by atoms with Gasteiger partial charge in [-0.15, -0.1) is 0 Å². The SMILES string of the molecule is Cc1c(N)oc2cc(F)c(F)c(-c3cc4nc(OC[C@@]56CCCN5C[C@H](F)C6)nc(N5C6CCC5CNC6)c4nc3C#N)c12. The summed E-state index contributed by atoms with van der Waals surface area (Å²) in [4.78, 5) is 18.6. The zero-order valence-corrected chi connectivity index (χ0v) is 24.2. The van der Waals surface area contributed by atoms with Crippen LogP contribution >= 0.6 is 0 Å². The number of aromatic nitrogens is 3. The lowest BCUT2D eigenvalue weighted by Gasteiger charge is -2.36. The van der Waals surface area contributed by atoms with Gasteiger partial charge in [-0.2, -0.15) is 15.2 Å². The number of nitrogens with one attached hydrogen (secondary N) is 1. The molecule has 3 aromatic heterocycles. The Balaban J connectivity index is 1.31. The van der Waals surface area contributed by atoms with Gasteiger partial charge in [0.05, 0.1) is 11.1 Å². The minimum atomic E-state index is -1.15. The second-order valence-corrected chi connectivity index (χ2v) is 12.5. The number of pyridine rings is 1. The van der Waals surface area contributed by atoms with E-state index in [1.165, 1.54) is 6.07 Å². The molecule has 7 heterocycles. The van der Waals surface area contributed by atoms with Crippen LogP contribution in [0.5, 0.6) is 6.01 Å². The number of alkyl halides is 1. The van der Waals surface area contributed by atoms with Gasteiger partial charge >= 0.3 is 6.01 Å². The van der Waals surface area contributed by atoms with Crippen molar-refractivity contribution in [2.45, 2.75) is 62.8 Å². The van der Waals surface area contributed by atoms with Gasteiger partial charge in [-0.25, -0.2) is 18.2 Å². The highest BCUT2D eigenvalue weighted by Gasteiger charge is 2.49. The van der Waals surface area contributed by atoms with Gasteiger partial charge in [-0.1, -0.05) is 0 Å². The molecule has 10 nitrogen and oxygen atoms in total. The van der Waals surface area contributed by atoms with Gasteiger partial charge in [0.25, 0.3) is 0 Å². The third-order valence-corrected chi connectivity index (χ3v) is 10.0. The van der Waals surface area contributed by atoms with E-state index in [4.69, 9.17) is 19.9 Å². The number of aryl methyl sites for hydroxylation is 1. The highest BCUT2D eigenvalue weighted by atomic mass is 19.2. The summed E-state index contributed by atoms with van der Waals surface area (Å²) in [5.74, 6) is -1.73. The first-order valence-electron chi connectivity index (χ1n) is 15.1. The van der Waals surface area contributed by atoms with Crippen molar-refractivity contribution in [3.63, 3.8) is 0 Å². The second-order valence-electron chi connectivity index (χ2n) is 12.5. The number of benzene rings is 1. The zero-order valence-electron chi connectivity index (χ0n) is 24.2. The first kappa shape index (κ1) is 27.4. The van der Waals surface area contributed by atoms with Crippen molar-refractivity contribution in [2.24, 2.45) is 0 Å². The lowest BCUT2D eigenvalue weighted by Crippen LogP contribution is -2.52. The third-order valence-electron chi connectivity index (χ3n) is 10.0. The van der Waals surface area contributed by atoms with Crippen molar-refractivity contribution in [3.05, 3.63) is 35.0 Å². The summed E-state index contributed by atoms with van der Waals surface area (Å²) in [6.07, 6.45) is 3.22. The van der Waals surface area contributed by atoms with E-state index in [0.717, 1.165) is 51.4 Å².